The molecule has 5 rings (SSSR count). The van der Waals surface area contributed by atoms with Crippen molar-refractivity contribution in [1.82, 2.24) is 24.2 Å². The molecule has 2 aliphatic heterocycles. The van der Waals surface area contributed by atoms with Gasteiger partial charge in [0.2, 0.25) is 0 Å². The Balaban J connectivity index is 1.36. The predicted octanol–water partition coefficient (Wildman–Crippen LogP) is 3.35. The maximum atomic E-state index is 6.05. The van der Waals surface area contributed by atoms with Crippen LogP contribution in [0.1, 0.15) is 47.8 Å². The Morgan fingerprint density at radius 3 is 2.74 bits per heavy atom. The van der Waals surface area contributed by atoms with Crippen molar-refractivity contribution in [3.05, 3.63) is 65.4 Å². The lowest BCUT2D eigenvalue weighted by molar-refractivity contribution is -0.207. The van der Waals surface area contributed by atoms with E-state index in [1.54, 1.807) is 0 Å². The molecule has 0 N–H and O–H groups in total. The highest BCUT2D eigenvalue weighted by atomic mass is 16.7. The first-order valence-electron chi connectivity index (χ1n) is 11.1. The zero-order chi connectivity index (χ0) is 21.4. The summed E-state index contributed by atoms with van der Waals surface area (Å²) in [5, 5.41) is 0. The van der Waals surface area contributed by atoms with Crippen LogP contribution < -0.4 is 0 Å². The van der Waals surface area contributed by atoms with E-state index < -0.39 is 0 Å². The van der Waals surface area contributed by atoms with Gasteiger partial charge in [-0.1, -0.05) is 12.1 Å². The predicted molar refractivity (Wildman–Crippen MR) is 119 cm³/mol. The van der Waals surface area contributed by atoms with E-state index in [-0.39, 0.29) is 12.3 Å². The summed E-state index contributed by atoms with van der Waals surface area (Å²) >= 11 is 0. The van der Waals surface area contributed by atoms with E-state index in [9.17, 15) is 0 Å². The van der Waals surface area contributed by atoms with Gasteiger partial charge in [0.05, 0.1) is 42.4 Å². The fourth-order valence-electron chi connectivity index (χ4n) is 4.69. The fourth-order valence-corrected chi connectivity index (χ4v) is 4.69. The molecule has 0 bridgehead atoms. The molecule has 31 heavy (non-hydrogen) atoms. The largest absolute Gasteiger partial charge is 0.345 e. The molecule has 1 atom stereocenters. The average Bonchev–Trinajstić information content (AvgIpc) is 3.40. The third-order valence-electron chi connectivity index (χ3n) is 6.52. The molecule has 0 aromatic carbocycles. The average molecular weight is 422 g/mol. The van der Waals surface area contributed by atoms with Crippen molar-refractivity contribution in [2.75, 3.05) is 33.9 Å². The molecule has 7 heteroatoms. The number of aromatic nitrogens is 3. The van der Waals surface area contributed by atoms with E-state index in [0.717, 1.165) is 36.5 Å². The van der Waals surface area contributed by atoms with E-state index in [4.69, 9.17) is 14.5 Å². The third-order valence-corrected chi connectivity index (χ3v) is 6.52. The highest BCUT2D eigenvalue weighted by molar-refractivity contribution is 5.42. The summed E-state index contributed by atoms with van der Waals surface area (Å²) in [7, 11) is 4.11. The lowest BCUT2D eigenvalue weighted by Crippen LogP contribution is -2.41. The minimum Gasteiger partial charge on any atom is -0.345 e. The summed E-state index contributed by atoms with van der Waals surface area (Å²) in [4.78, 5) is 14.2. The quantitative estimate of drug-likeness (QED) is 0.630. The molecule has 1 unspecified atom stereocenters. The summed E-state index contributed by atoms with van der Waals surface area (Å²) in [5.41, 5.74) is 5.45. The zero-order valence-electron chi connectivity index (χ0n) is 18.6. The second-order valence-corrected chi connectivity index (χ2v) is 8.86. The molecule has 0 aliphatic carbocycles. The molecule has 7 nitrogen and oxygen atoms in total. The first-order valence-corrected chi connectivity index (χ1v) is 11.1. The van der Waals surface area contributed by atoms with Crippen molar-refractivity contribution in [1.29, 1.82) is 0 Å². The number of likely N-dealkylation sites (tertiary alicyclic amines) is 1. The number of hydrogen-bond donors (Lipinski definition) is 0. The summed E-state index contributed by atoms with van der Waals surface area (Å²) < 4.78 is 14.2. The summed E-state index contributed by atoms with van der Waals surface area (Å²) in [6.07, 6.45) is 6.01. The van der Waals surface area contributed by atoms with Gasteiger partial charge in [0.15, 0.2) is 6.29 Å². The van der Waals surface area contributed by atoms with Crippen molar-refractivity contribution in [3.8, 4) is 0 Å². The van der Waals surface area contributed by atoms with Crippen molar-refractivity contribution < 1.29 is 9.47 Å². The van der Waals surface area contributed by atoms with Crippen LogP contribution in [0.25, 0.3) is 5.65 Å². The molecule has 164 valence electrons. The number of rotatable bonds is 5. The van der Waals surface area contributed by atoms with Crippen molar-refractivity contribution in [2.24, 2.45) is 0 Å². The number of ether oxygens (including phenoxy) is 2. The molecule has 3 aromatic heterocycles. The van der Waals surface area contributed by atoms with E-state index >= 15 is 0 Å². The van der Waals surface area contributed by atoms with E-state index in [1.165, 1.54) is 17.7 Å². The third kappa shape index (κ3) is 4.11. The number of hydrogen-bond acceptors (Lipinski definition) is 6. The Morgan fingerprint density at radius 1 is 1.13 bits per heavy atom. The zero-order valence-corrected chi connectivity index (χ0v) is 18.6. The lowest BCUT2D eigenvalue weighted by Gasteiger charge is -2.33. The smallest absolute Gasteiger partial charge is 0.199 e. The normalized spacial score (nSPS) is 25.0. The first-order chi connectivity index (χ1) is 15.1. The maximum absolute atomic E-state index is 6.05. The lowest BCUT2D eigenvalue weighted by atomic mass is 10.1. The van der Waals surface area contributed by atoms with Gasteiger partial charge in [0, 0.05) is 18.9 Å². The van der Waals surface area contributed by atoms with E-state index in [0.29, 0.717) is 19.3 Å². The Morgan fingerprint density at radius 2 is 1.97 bits per heavy atom. The van der Waals surface area contributed by atoms with Gasteiger partial charge < -0.3 is 14.4 Å². The van der Waals surface area contributed by atoms with Gasteiger partial charge in [-0.05, 0) is 64.2 Å². The number of aryl methyl sites for hydroxylation is 1. The summed E-state index contributed by atoms with van der Waals surface area (Å²) in [5.74, 6) is 0. The SMILES string of the molecule is Cc1cccnc1C1CCCN1Cc1cn2c(C3OCC(N(C)C)CO3)cccc2n1. The van der Waals surface area contributed by atoms with Crippen molar-refractivity contribution in [3.63, 3.8) is 0 Å². The topological polar surface area (TPSA) is 55.1 Å². The fraction of sp³-hybridized carbons (Fsp3) is 0.500. The second kappa shape index (κ2) is 8.67. The van der Waals surface area contributed by atoms with Crippen LogP contribution in [0.2, 0.25) is 0 Å². The van der Waals surface area contributed by atoms with Gasteiger partial charge in [-0.3, -0.25) is 14.3 Å². The Hall–Kier alpha value is -2.32. The minimum atomic E-state index is -0.363. The second-order valence-electron chi connectivity index (χ2n) is 8.86. The van der Waals surface area contributed by atoms with Crippen LogP contribution in [0.5, 0.6) is 0 Å². The molecule has 3 aromatic rings. The molecular formula is C24H31N5O2. The molecular weight excluding hydrogens is 390 g/mol. The van der Waals surface area contributed by atoms with Crippen LogP contribution >= 0.6 is 0 Å². The number of imidazole rings is 1. The van der Waals surface area contributed by atoms with Crippen LogP contribution in [0, 0.1) is 6.92 Å². The van der Waals surface area contributed by atoms with E-state index in [1.807, 2.05) is 24.4 Å². The van der Waals surface area contributed by atoms with Crippen LogP contribution in [0.3, 0.4) is 0 Å². The van der Waals surface area contributed by atoms with Crippen molar-refractivity contribution in [2.45, 2.75) is 44.7 Å². The molecule has 0 radical (unpaired) electrons. The van der Waals surface area contributed by atoms with Crippen LogP contribution in [-0.4, -0.2) is 64.1 Å². The van der Waals surface area contributed by atoms with Crippen LogP contribution in [0.4, 0.5) is 0 Å². The Bertz CT molecular complexity index is 1040. The van der Waals surface area contributed by atoms with Crippen LogP contribution in [0.15, 0.2) is 42.7 Å². The number of nitrogens with zero attached hydrogens (tertiary/aromatic N) is 5. The van der Waals surface area contributed by atoms with Gasteiger partial charge in [-0.2, -0.15) is 0 Å². The van der Waals surface area contributed by atoms with Crippen LogP contribution in [-0.2, 0) is 16.0 Å². The molecule has 0 saturated carbocycles. The summed E-state index contributed by atoms with van der Waals surface area (Å²) in [6.45, 7) is 5.36. The van der Waals surface area contributed by atoms with Gasteiger partial charge >= 0.3 is 0 Å². The van der Waals surface area contributed by atoms with Crippen molar-refractivity contribution >= 4 is 5.65 Å². The Kier molecular flexibility index (Phi) is 5.75. The highest BCUT2D eigenvalue weighted by Crippen LogP contribution is 2.33. The Labute approximate surface area is 183 Å². The molecule has 2 saturated heterocycles. The molecule has 2 aliphatic rings. The maximum Gasteiger partial charge on any atom is 0.199 e. The van der Waals surface area contributed by atoms with Gasteiger partial charge in [0.25, 0.3) is 0 Å². The monoisotopic (exact) mass is 421 g/mol. The van der Waals surface area contributed by atoms with Gasteiger partial charge in [-0.15, -0.1) is 0 Å². The number of pyridine rings is 2. The minimum absolute atomic E-state index is 0.288. The molecule has 0 amide bonds. The molecule has 2 fully saturated rings. The highest BCUT2D eigenvalue weighted by Gasteiger charge is 2.30. The first kappa shape index (κ1) is 20.6. The van der Waals surface area contributed by atoms with Gasteiger partial charge in [0.1, 0.15) is 5.65 Å². The van der Waals surface area contributed by atoms with Gasteiger partial charge in [-0.25, -0.2) is 4.98 Å². The number of fused-ring (bicyclic) bond motifs is 1. The molecule has 0 spiro atoms. The standard InChI is InChI=1S/C24H31N5O2/c1-17-7-5-11-25-23(17)20-9-6-12-28(20)13-18-14-29-21(8-4-10-22(29)26-18)24-30-15-19(16-31-24)27(2)3/h4-5,7-8,10-11,14,19-20,24H,6,9,12-13,15-16H2,1-3H3. The molecule has 5 heterocycles. The number of likely N-dealkylation sites (N-methyl/N-ethyl adjacent to an activating group) is 1. The van der Waals surface area contributed by atoms with E-state index in [2.05, 4.69) is 58.5 Å². The summed E-state index contributed by atoms with van der Waals surface area (Å²) in [6, 6.07) is 11.0.